The fraction of sp³-hybridized carbons (Fsp3) is 0.125. The summed E-state index contributed by atoms with van der Waals surface area (Å²) in [5.41, 5.74) is 6.59. The van der Waals surface area contributed by atoms with Gasteiger partial charge in [-0.2, -0.15) is 0 Å². The summed E-state index contributed by atoms with van der Waals surface area (Å²) in [6.45, 7) is 0.850. The first-order chi connectivity index (χ1) is 9.76. The molecule has 0 aliphatic carbocycles. The Hall–Kier alpha value is -1.78. The number of fused-ring (bicyclic) bond motifs is 1. The molecule has 0 radical (unpaired) electrons. The number of hydrogen-bond acceptors (Lipinski definition) is 3. The Morgan fingerprint density at radius 1 is 1.05 bits per heavy atom. The molecule has 0 bridgehead atoms. The molecule has 3 nitrogen and oxygen atoms in total. The number of ether oxygens (including phenoxy) is 1. The molecule has 0 saturated heterocycles. The van der Waals surface area contributed by atoms with E-state index in [0.717, 1.165) is 26.9 Å². The second kappa shape index (κ2) is 5.69. The van der Waals surface area contributed by atoms with Gasteiger partial charge in [0.15, 0.2) is 0 Å². The highest BCUT2D eigenvalue weighted by Gasteiger charge is 2.05. The van der Waals surface area contributed by atoms with Gasteiger partial charge in [0, 0.05) is 10.0 Å². The van der Waals surface area contributed by atoms with Gasteiger partial charge >= 0.3 is 0 Å². The Kier molecular flexibility index (Phi) is 3.76. The number of hydrogen-bond donors (Lipinski definition) is 1. The molecule has 2 aromatic carbocycles. The van der Waals surface area contributed by atoms with Gasteiger partial charge in [-0.25, -0.2) is 0 Å². The van der Waals surface area contributed by atoms with Crippen LogP contribution in [0.25, 0.3) is 10.8 Å². The maximum atomic E-state index is 5.80. The number of halogens is 1. The fourth-order valence-corrected chi connectivity index (χ4v) is 2.50. The quantitative estimate of drug-likeness (QED) is 0.778. The summed E-state index contributed by atoms with van der Waals surface area (Å²) < 4.78 is 12.2. The predicted molar refractivity (Wildman–Crippen MR) is 82.6 cm³/mol. The van der Waals surface area contributed by atoms with Crippen LogP contribution < -0.4 is 10.5 Å². The molecule has 0 saturated carbocycles. The van der Waals surface area contributed by atoms with Gasteiger partial charge < -0.3 is 14.9 Å². The number of rotatable bonds is 4. The molecule has 102 valence electrons. The Morgan fingerprint density at radius 3 is 2.70 bits per heavy atom. The van der Waals surface area contributed by atoms with Crippen molar-refractivity contribution in [3.8, 4) is 5.75 Å². The monoisotopic (exact) mass is 331 g/mol. The smallest absolute Gasteiger partial charge is 0.123 e. The van der Waals surface area contributed by atoms with E-state index >= 15 is 0 Å². The van der Waals surface area contributed by atoms with Crippen molar-refractivity contribution in [3.63, 3.8) is 0 Å². The van der Waals surface area contributed by atoms with Crippen LogP contribution in [0.1, 0.15) is 11.3 Å². The highest BCUT2D eigenvalue weighted by molar-refractivity contribution is 9.10. The van der Waals surface area contributed by atoms with Gasteiger partial charge in [-0.1, -0.05) is 28.1 Å². The van der Waals surface area contributed by atoms with Crippen molar-refractivity contribution in [2.75, 3.05) is 0 Å². The number of furan rings is 1. The van der Waals surface area contributed by atoms with Gasteiger partial charge in [-0.15, -0.1) is 0 Å². The molecule has 1 aromatic heterocycles. The van der Waals surface area contributed by atoms with E-state index in [1.807, 2.05) is 24.3 Å². The van der Waals surface area contributed by atoms with E-state index in [1.54, 1.807) is 6.26 Å². The Balaban J connectivity index is 1.79. The zero-order chi connectivity index (χ0) is 13.9. The summed E-state index contributed by atoms with van der Waals surface area (Å²) in [4.78, 5) is 0. The molecule has 3 rings (SSSR count). The minimum atomic E-state index is 0.386. The van der Waals surface area contributed by atoms with Crippen LogP contribution in [-0.2, 0) is 13.2 Å². The van der Waals surface area contributed by atoms with E-state index in [2.05, 4.69) is 34.1 Å². The summed E-state index contributed by atoms with van der Waals surface area (Å²) in [7, 11) is 0. The molecule has 1 heterocycles. The third kappa shape index (κ3) is 2.71. The first-order valence-electron chi connectivity index (χ1n) is 6.34. The van der Waals surface area contributed by atoms with Gasteiger partial charge in [0.25, 0.3) is 0 Å². The largest absolute Gasteiger partial charge is 0.489 e. The molecule has 0 atom stereocenters. The lowest BCUT2D eigenvalue weighted by Crippen LogP contribution is -2.01. The van der Waals surface area contributed by atoms with Crippen molar-refractivity contribution in [2.24, 2.45) is 5.73 Å². The average molecular weight is 332 g/mol. The zero-order valence-electron chi connectivity index (χ0n) is 10.8. The second-order valence-corrected chi connectivity index (χ2v) is 5.43. The Bertz CT molecular complexity index is 736. The van der Waals surface area contributed by atoms with Gasteiger partial charge in [0.2, 0.25) is 0 Å². The molecule has 0 unspecified atom stereocenters. The molecule has 4 heteroatoms. The lowest BCUT2D eigenvalue weighted by atomic mass is 10.1. The van der Waals surface area contributed by atoms with Crippen LogP contribution in [0, 0.1) is 0 Å². The van der Waals surface area contributed by atoms with Crippen molar-refractivity contribution in [3.05, 3.63) is 64.5 Å². The van der Waals surface area contributed by atoms with Crippen molar-refractivity contribution in [2.45, 2.75) is 13.2 Å². The van der Waals surface area contributed by atoms with E-state index in [9.17, 15) is 0 Å². The molecular weight excluding hydrogens is 318 g/mol. The van der Waals surface area contributed by atoms with Crippen LogP contribution in [0.4, 0.5) is 0 Å². The highest BCUT2D eigenvalue weighted by atomic mass is 79.9. The van der Waals surface area contributed by atoms with E-state index in [4.69, 9.17) is 14.9 Å². The minimum absolute atomic E-state index is 0.386. The summed E-state index contributed by atoms with van der Waals surface area (Å²) >= 11 is 3.47. The highest BCUT2D eigenvalue weighted by Crippen LogP contribution is 2.25. The lowest BCUT2D eigenvalue weighted by molar-refractivity contribution is 0.302. The summed E-state index contributed by atoms with van der Waals surface area (Å²) in [6, 6.07) is 14.1. The van der Waals surface area contributed by atoms with Gasteiger partial charge in [-0.3, -0.25) is 0 Å². The third-order valence-electron chi connectivity index (χ3n) is 3.19. The fourth-order valence-electron chi connectivity index (χ4n) is 2.12. The van der Waals surface area contributed by atoms with Gasteiger partial charge in [0.05, 0.1) is 12.8 Å². The lowest BCUT2D eigenvalue weighted by Gasteiger charge is -2.07. The van der Waals surface area contributed by atoms with E-state index in [-0.39, 0.29) is 0 Å². The molecule has 0 fully saturated rings. The zero-order valence-corrected chi connectivity index (χ0v) is 12.4. The van der Waals surface area contributed by atoms with E-state index < -0.39 is 0 Å². The third-order valence-corrected chi connectivity index (χ3v) is 3.68. The number of benzene rings is 2. The molecule has 0 spiro atoms. The Morgan fingerprint density at radius 2 is 1.85 bits per heavy atom. The van der Waals surface area contributed by atoms with Crippen molar-refractivity contribution >= 4 is 26.7 Å². The van der Waals surface area contributed by atoms with Gasteiger partial charge in [-0.05, 0) is 41.1 Å². The van der Waals surface area contributed by atoms with Crippen molar-refractivity contribution < 1.29 is 9.15 Å². The first kappa shape index (κ1) is 13.2. The van der Waals surface area contributed by atoms with Crippen LogP contribution in [0.2, 0.25) is 0 Å². The second-order valence-electron chi connectivity index (χ2n) is 4.52. The standard InChI is InChI=1S/C16H14BrNO2/c17-14-3-1-12-8-15(4-2-11(12)7-14)20-10-13-5-6-19-16(13)9-18/h1-8H,9-10,18H2. The Labute approximate surface area is 125 Å². The normalized spacial score (nSPS) is 10.9. The molecule has 0 amide bonds. The first-order valence-corrected chi connectivity index (χ1v) is 7.13. The predicted octanol–water partition coefficient (Wildman–Crippen LogP) is 4.23. The van der Waals surface area contributed by atoms with Crippen LogP contribution in [-0.4, -0.2) is 0 Å². The molecule has 3 aromatic rings. The SMILES string of the molecule is NCc1occc1COc1ccc2cc(Br)ccc2c1. The molecular formula is C16H14BrNO2. The summed E-state index contributed by atoms with van der Waals surface area (Å²) in [5.74, 6) is 1.61. The maximum Gasteiger partial charge on any atom is 0.123 e. The molecule has 2 N–H and O–H groups in total. The molecule has 20 heavy (non-hydrogen) atoms. The molecule has 0 aliphatic heterocycles. The van der Waals surface area contributed by atoms with Crippen LogP contribution in [0.5, 0.6) is 5.75 Å². The minimum Gasteiger partial charge on any atom is -0.489 e. The molecule has 0 aliphatic rings. The maximum absolute atomic E-state index is 5.80. The van der Waals surface area contributed by atoms with Gasteiger partial charge in [0.1, 0.15) is 18.1 Å². The van der Waals surface area contributed by atoms with E-state index in [0.29, 0.717) is 13.2 Å². The van der Waals surface area contributed by atoms with Crippen LogP contribution in [0.3, 0.4) is 0 Å². The summed E-state index contributed by atoms with van der Waals surface area (Å²) in [5, 5.41) is 2.33. The van der Waals surface area contributed by atoms with Crippen molar-refractivity contribution in [1.82, 2.24) is 0 Å². The number of nitrogens with two attached hydrogens (primary N) is 1. The summed E-state index contributed by atoms with van der Waals surface area (Å²) in [6.07, 6.45) is 1.64. The topological polar surface area (TPSA) is 48.4 Å². The van der Waals surface area contributed by atoms with Crippen LogP contribution >= 0.6 is 15.9 Å². The van der Waals surface area contributed by atoms with Crippen molar-refractivity contribution in [1.29, 1.82) is 0 Å². The van der Waals surface area contributed by atoms with E-state index in [1.165, 1.54) is 5.39 Å². The van der Waals surface area contributed by atoms with Crippen LogP contribution in [0.15, 0.2) is 57.6 Å². The average Bonchev–Trinajstić information content (AvgIpc) is 2.92.